The maximum atomic E-state index is 13.4. The lowest BCUT2D eigenvalue weighted by atomic mass is 10.0. The van der Waals surface area contributed by atoms with Crippen molar-refractivity contribution in [3.8, 4) is 5.75 Å². The van der Waals surface area contributed by atoms with Crippen LogP contribution in [-0.2, 0) is 9.53 Å². The Balaban J connectivity index is 1.43. The highest BCUT2D eigenvalue weighted by Gasteiger charge is 2.58. The zero-order valence-corrected chi connectivity index (χ0v) is 17.8. The Morgan fingerprint density at radius 2 is 1.84 bits per heavy atom. The first-order chi connectivity index (χ1) is 15.5. The molecule has 0 spiro atoms. The monoisotopic (exact) mass is 435 g/mol. The minimum absolute atomic E-state index is 0.260. The average Bonchev–Trinajstić information content (AvgIpc) is 3.58. The predicted molar refractivity (Wildman–Crippen MR) is 121 cm³/mol. The highest BCUT2D eigenvalue weighted by molar-refractivity contribution is 6.15. The van der Waals surface area contributed by atoms with Crippen molar-refractivity contribution in [2.75, 3.05) is 49.4 Å². The van der Waals surface area contributed by atoms with E-state index in [1.807, 2.05) is 18.2 Å². The Hall–Kier alpha value is -3.59. The zero-order chi connectivity index (χ0) is 22.3. The SMILES string of the molecule is COc1ccc(NC(=O)C2(C(=O)n3nc4cccc(N5CCOCC5)c4c3N)CC2)cc1. The van der Waals surface area contributed by atoms with Gasteiger partial charge in [0, 0.05) is 18.8 Å². The van der Waals surface area contributed by atoms with Crippen molar-refractivity contribution in [3.63, 3.8) is 0 Å². The Kier molecular flexibility index (Phi) is 4.97. The van der Waals surface area contributed by atoms with Crippen molar-refractivity contribution in [3.05, 3.63) is 42.5 Å². The summed E-state index contributed by atoms with van der Waals surface area (Å²) < 4.78 is 11.8. The van der Waals surface area contributed by atoms with Gasteiger partial charge in [0.05, 0.1) is 36.9 Å². The van der Waals surface area contributed by atoms with E-state index in [2.05, 4.69) is 15.3 Å². The summed E-state index contributed by atoms with van der Waals surface area (Å²) in [5.74, 6) is 0.202. The maximum absolute atomic E-state index is 13.4. The van der Waals surface area contributed by atoms with E-state index >= 15 is 0 Å². The van der Waals surface area contributed by atoms with E-state index in [1.54, 1.807) is 31.4 Å². The molecule has 5 rings (SSSR count). The van der Waals surface area contributed by atoms with E-state index in [0.717, 1.165) is 24.2 Å². The maximum Gasteiger partial charge on any atom is 0.264 e. The minimum atomic E-state index is -1.16. The Morgan fingerprint density at radius 1 is 1.12 bits per heavy atom. The van der Waals surface area contributed by atoms with Gasteiger partial charge in [0.2, 0.25) is 5.91 Å². The van der Waals surface area contributed by atoms with Gasteiger partial charge in [-0.2, -0.15) is 9.78 Å². The van der Waals surface area contributed by atoms with Crippen LogP contribution in [0.3, 0.4) is 0 Å². The number of nitrogens with zero attached hydrogens (tertiary/aromatic N) is 3. The van der Waals surface area contributed by atoms with E-state index in [9.17, 15) is 9.59 Å². The number of fused-ring (bicyclic) bond motifs is 1. The number of nitrogens with one attached hydrogen (secondary N) is 1. The van der Waals surface area contributed by atoms with Gasteiger partial charge in [-0.15, -0.1) is 0 Å². The van der Waals surface area contributed by atoms with Gasteiger partial charge in [-0.25, -0.2) is 0 Å². The van der Waals surface area contributed by atoms with Crippen molar-refractivity contribution in [1.29, 1.82) is 0 Å². The molecule has 3 N–H and O–H groups in total. The zero-order valence-electron chi connectivity index (χ0n) is 17.8. The predicted octanol–water partition coefficient (Wildman–Crippen LogP) is 2.52. The lowest BCUT2D eigenvalue weighted by Gasteiger charge is -2.29. The largest absolute Gasteiger partial charge is 0.497 e. The highest BCUT2D eigenvalue weighted by Crippen LogP contribution is 2.49. The third-order valence-electron chi connectivity index (χ3n) is 6.20. The molecule has 9 heteroatoms. The molecule has 9 nitrogen and oxygen atoms in total. The van der Waals surface area contributed by atoms with Crippen LogP contribution in [-0.4, -0.2) is 55.0 Å². The van der Waals surface area contributed by atoms with E-state index in [-0.39, 0.29) is 11.7 Å². The molecule has 32 heavy (non-hydrogen) atoms. The summed E-state index contributed by atoms with van der Waals surface area (Å²) in [6.45, 7) is 2.76. The molecule has 2 heterocycles. The number of hydrogen-bond acceptors (Lipinski definition) is 7. The third kappa shape index (κ3) is 3.34. The van der Waals surface area contributed by atoms with Gasteiger partial charge in [0.1, 0.15) is 17.0 Å². The number of benzene rings is 2. The summed E-state index contributed by atoms with van der Waals surface area (Å²) in [6, 6.07) is 12.7. The topological polar surface area (TPSA) is 112 Å². The third-order valence-corrected chi connectivity index (χ3v) is 6.20. The van der Waals surface area contributed by atoms with Crippen molar-refractivity contribution in [1.82, 2.24) is 9.78 Å². The number of nitrogen functional groups attached to an aromatic ring is 1. The second kappa shape index (κ2) is 7.83. The fourth-order valence-corrected chi connectivity index (χ4v) is 4.15. The Labute approximate surface area is 185 Å². The smallest absolute Gasteiger partial charge is 0.264 e. The van der Waals surface area contributed by atoms with Crippen LogP contribution >= 0.6 is 0 Å². The first-order valence-corrected chi connectivity index (χ1v) is 10.6. The van der Waals surface area contributed by atoms with E-state index in [0.29, 0.717) is 43.0 Å². The fourth-order valence-electron chi connectivity index (χ4n) is 4.15. The van der Waals surface area contributed by atoms with Gasteiger partial charge in [-0.05, 0) is 49.2 Å². The molecule has 2 fully saturated rings. The molecule has 1 saturated carbocycles. The van der Waals surface area contributed by atoms with Crippen LogP contribution in [0.1, 0.15) is 17.6 Å². The molecule has 1 aliphatic heterocycles. The van der Waals surface area contributed by atoms with Gasteiger partial charge in [-0.1, -0.05) is 6.07 Å². The summed E-state index contributed by atoms with van der Waals surface area (Å²) in [6.07, 6.45) is 0.916. The number of anilines is 3. The Morgan fingerprint density at radius 3 is 2.50 bits per heavy atom. The number of hydrogen-bond donors (Lipinski definition) is 2. The molecule has 3 aromatic rings. The molecule has 0 bridgehead atoms. The van der Waals surface area contributed by atoms with Gasteiger partial charge in [-0.3, -0.25) is 9.59 Å². The minimum Gasteiger partial charge on any atom is -0.497 e. The standard InChI is InChI=1S/C23H25N5O4/c1-31-16-7-5-15(6-8-16)25-21(29)23(9-10-23)22(30)28-20(24)19-17(26-28)3-2-4-18(19)27-11-13-32-14-12-27/h2-8H,9-14,24H2,1H3,(H,25,29). The summed E-state index contributed by atoms with van der Waals surface area (Å²) in [5.41, 5.74) is 7.43. The van der Waals surface area contributed by atoms with E-state index in [4.69, 9.17) is 15.2 Å². The number of rotatable bonds is 5. The van der Waals surface area contributed by atoms with Crippen LogP contribution in [0.4, 0.5) is 17.2 Å². The molecule has 0 unspecified atom stereocenters. The van der Waals surface area contributed by atoms with Crippen LogP contribution in [0.15, 0.2) is 42.5 Å². The first-order valence-electron chi connectivity index (χ1n) is 10.6. The van der Waals surface area contributed by atoms with Crippen LogP contribution < -0.4 is 20.7 Å². The number of nitrogens with two attached hydrogens (primary N) is 1. The van der Waals surface area contributed by atoms with E-state index < -0.39 is 11.3 Å². The molecule has 1 aromatic heterocycles. The molecule has 1 amide bonds. The van der Waals surface area contributed by atoms with Crippen LogP contribution in [0.5, 0.6) is 5.75 Å². The molecular weight excluding hydrogens is 410 g/mol. The van der Waals surface area contributed by atoms with Crippen LogP contribution in [0.2, 0.25) is 0 Å². The van der Waals surface area contributed by atoms with Gasteiger partial charge in [0.15, 0.2) is 0 Å². The van der Waals surface area contributed by atoms with Crippen molar-refractivity contribution >= 4 is 39.9 Å². The van der Waals surface area contributed by atoms with Gasteiger partial charge < -0.3 is 25.4 Å². The number of carbonyl (C=O) groups is 2. The number of morpholine rings is 1. The number of carbonyl (C=O) groups excluding carboxylic acids is 2. The van der Waals surface area contributed by atoms with E-state index in [1.165, 1.54) is 4.68 Å². The van der Waals surface area contributed by atoms with Crippen molar-refractivity contribution in [2.24, 2.45) is 5.41 Å². The summed E-state index contributed by atoms with van der Waals surface area (Å²) in [5, 5.41) is 8.05. The molecule has 0 atom stereocenters. The van der Waals surface area contributed by atoms with Gasteiger partial charge >= 0.3 is 0 Å². The Bertz CT molecular complexity index is 1180. The summed E-state index contributed by atoms with van der Waals surface area (Å²) >= 11 is 0. The summed E-state index contributed by atoms with van der Waals surface area (Å²) in [7, 11) is 1.58. The van der Waals surface area contributed by atoms with Crippen molar-refractivity contribution < 1.29 is 19.1 Å². The second-order valence-corrected chi connectivity index (χ2v) is 8.14. The average molecular weight is 435 g/mol. The summed E-state index contributed by atoms with van der Waals surface area (Å²) in [4.78, 5) is 28.7. The number of aromatic nitrogens is 2. The molecule has 1 saturated heterocycles. The second-order valence-electron chi connectivity index (χ2n) is 8.14. The number of amides is 1. The van der Waals surface area contributed by atoms with Crippen LogP contribution in [0.25, 0.3) is 10.9 Å². The highest BCUT2D eigenvalue weighted by atomic mass is 16.5. The molecular formula is C23H25N5O4. The quantitative estimate of drug-likeness (QED) is 0.592. The molecule has 2 aliphatic rings. The lowest BCUT2D eigenvalue weighted by molar-refractivity contribution is -0.119. The van der Waals surface area contributed by atoms with Crippen molar-refractivity contribution in [2.45, 2.75) is 12.8 Å². The molecule has 0 radical (unpaired) electrons. The molecule has 166 valence electrons. The van der Waals surface area contributed by atoms with Gasteiger partial charge in [0.25, 0.3) is 5.91 Å². The van der Waals surface area contributed by atoms with Crippen LogP contribution in [0, 0.1) is 5.41 Å². The lowest BCUT2D eigenvalue weighted by Crippen LogP contribution is -2.36. The fraction of sp³-hybridized carbons (Fsp3) is 0.348. The molecule has 2 aromatic carbocycles. The number of methoxy groups -OCH3 is 1. The molecule has 1 aliphatic carbocycles. The first kappa shape index (κ1) is 20.3. The normalized spacial score (nSPS) is 17.2. The number of ether oxygens (including phenoxy) is 2.